The average Bonchev–Trinajstić information content (AvgIpc) is 1.81. The standard InChI is InChI=1S/C8H13Cl3Si/c9-12(10,11)8-6-4-2-1-3-5-7-8/h6H,1-5,7H2/b8-6+. The summed E-state index contributed by atoms with van der Waals surface area (Å²) in [4.78, 5) is 0. The molecule has 1 aliphatic carbocycles. The Morgan fingerprint density at radius 2 is 1.67 bits per heavy atom. The fourth-order valence-corrected chi connectivity index (χ4v) is 3.83. The number of allylic oxidation sites excluding steroid dienone is 2. The van der Waals surface area contributed by atoms with E-state index in [1.807, 2.05) is 0 Å². The molecule has 0 aromatic heterocycles. The lowest BCUT2D eigenvalue weighted by Crippen LogP contribution is -2.15. The first kappa shape index (κ1) is 10.9. The van der Waals surface area contributed by atoms with Gasteiger partial charge in [0.1, 0.15) is 0 Å². The third-order valence-electron chi connectivity index (χ3n) is 2.16. The Morgan fingerprint density at radius 1 is 1.00 bits per heavy atom. The molecule has 0 saturated heterocycles. The zero-order valence-electron chi connectivity index (χ0n) is 6.95. The maximum atomic E-state index is 5.94. The van der Waals surface area contributed by atoms with Crippen molar-refractivity contribution in [2.75, 3.05) is 0 Å². The lowest BCUT2D eigenvalue weighted by Gasteiger charge is -2.15. The summed E-state index contributed by atoms with van der Waals surface area (Å²) in [5, 5.41) is 1.12. The van der Waals surface area contributed by atoms with Crippen molar-refractivity contribution >= 4 is 39.2 Å². The van der Waals surface area contributed by atoms with Crippen LogP contribution in [0.25, 0.3) is 0 Å². The van der Waals surface area contributed by atoms with Crippen LogP contribution in [0.4, 0.5) is 0 Å². The minimum atomic E-state index is -2.53. The second kappa shape index (κ2) is 4.90. The Morgan fingerprint density at radius 3 is 2.33 bits per heavy atom. The summed E-state index contributed by atoms with van der Waals surface area (Å²) >= 11 is 17.8. The van der Waals surface area contributed by atoms with Crippen LogP contribution in [0.2, 0.25) is 0 Å². The maximum absolute atomic E-state index is 5.94. The van der Waals surface area contributed by atoms with Crippen molar-refractivity contribution in [3.8, 4) is 0 Å². The van der Waals surface area contributed by atoms with Gasteiger partial charge < -0.3 is 0 Å². The van der Waals surface area contributed by atoms with Crippen LogP contribution in [-0.2, 0) is 0 Å². The van der Waals surface area contributed by atoms with E-state index < -0.39 is 6.00 Å². The predicted octanol–water partition coefficient (Wildman–Crippen LogP) is 4.46. The van der Waals surface area contributed by atoms with E-state index in [0.717, 1.165) is 18.0 Å². The van der Waals surface area contributed by atoms with Crippen molar-refractivity contribution in [2.45, 2.75) is 38.5 Å². The van der Waals surface area contributed by atoms with Gasteiger partial charge in [0.2, 0.25) is 0 Å². The molecule has 0 fully saturated rings. The third-order valence-corrected chi connectivity index (χ3v) is 5.52. The summed E-state index contributed by atoms with van der Waals surface area (Å²) in [6.07, 6.45) is 9.29. The van der Waals surface area contributed by atoms with Gasteiger partial charge in [0, 0.05) is 0 Å². The minimum Gasteiger partial charge on any atom is -0.121 e. The van der Waals surface area contributed by atoms with Crippen molar-refractivity contribution in [3.05, 3.63) is 11.3 Å². The molecule has 0 unspecified atom stereocenters. The molecule has 0 spiro atoms. The number of hydrogen-bond acceptors (Lipinski definition) is 0. The second-order valence-corrected chi connectivity index (χ2v) is 11.7. The van der Waals surface area contributed by atoms with Gasteiger partial charge in [0.05, 0.1) is 0 Å². The van der Waals surface area contributed by atoms with Crippen LogP contribution in [0, 0.1) is 0 Å². The molecule has 0 radical (unpaired) electrons. The van der Waals surface area contributed by atoms with Gasteiger partial charge in [-0.1, -0.05) is 18.9 Å². The molecule has 0 aromatic rings. The van der Waals surface area contributed by atoms with E-state index in [2.05, 4.69) is 6.08 Å². The first-order valence-electron chi connectivity index (χ1n) is 4.37. The van der Waals surface area contributed by atoms with Crippen LogP contribution in [0.5, 0.6) is 0 Å². The molecule has 0 aromatic carbocycles. The molecule has 0 nitrogen and oxygen atoms in total. The van der Waals surface area contributed by atoms with E-state index in [0.29, 0.717) is 0 Å². The van der Waals surface area contributed by atoms with Gasteiger partial charge in [-0.25, -0.2) is 0 Å². The molecular formula is C8H13Cl3Si. The van der Waals surface area contributed by atoms with Gasteiger partial charge in [-0.3, -0.25) is 0 Å². The molecule has 0 atom stereocenters. The molecular weight excluding hydrogens is 231 g/mol. The molecule has 70 valence electrons. The zero-order valence-corrected chi connectivity index (χ0v) is 10.2. The highest BCUT2D eigenvalue weighted by atomic mass is 35.8. The van der Waals surface area contributed by atoms with Crippen LogP contribution in [0.3, 0.4) is 0 Å². The van der Waals surface area contributed by atoms with Crippen LogP contribution in [0.15, 0.2) is 11.3 Å². The summed E-state index contributed by atoms with van der Waals surface area (Å²) in [5.74, 6) is 0. The molecule has 12 heavy (non-hydrogen) atoms. The highest BCUT2D eigenvalue weighted by molar-refractivity contribution is 7.67. The first-order valence-corrected chi connectivity index (χ1v) is 9.40. The molecule has 0 aliphatic heterocycles. The molecule has 1 aliphatic rings. The lowest BCUT2D eigenvalue weighted by molar-refractivity contribution is 0.633. The molecule has 1 rings (SSSR count). The fraction of sp³-hybridized carbons (Fsp3) is 0.750. The van der Waals surface area contributed by atoms with Gasteiger partial charge in [0.25, 0.3) is 0 Å². The Bertz CT molecular complexity index is 172. The molecule has 0 N–H and O–H groups in total. The Hall–Kier alpha value is 0.827. The SMILES string of the molecule is Cl[Si](Cl)(Cl)/C1=C/CCCCCC1. The Labute approximate surface area is 89.0 Å². The van der Waals surface area contributed by atoms with Crippen molar-refractivity contribution in [3.63, 3.8) is 0 Å². The molecule has 0 heterocycles. The van der Waals surface area contributed by atoms with E-state index in [9.17, 15) is 0 Å². The predicted molar refractivity (Wildman–Crippen MR) is 59.1 cm³/mol. The summed E-state index contributed by atoms with van der Waals surface area (Å²) in [6, 6.07) is -2.53. The monoisotopic (exact) mass is 242 g/mol. The number of rotatable bonds is 1. The van der Waals surface area contributed by atoms with E-state index >= 15 is 0 Å². The highest BCUT2D eigenvalue weighted by Crippen LogP contribution is 2.33. The smallest absolute Gasteiger partial charge is 0.121 e. The molecule has 0 bridgehead atoms. The first-order chi connectivity index (χ1) is 5.61. The number of hydrogen-bond donors (Lipinski definition) is 0. The zero-order chi connectivity index (χ0) is 9.03. The summed E-state index contributed by atoms with van der Waals surface area (Å²) in [6.45, 7) is 0. The Balaban J connectivity index is 2.59. The topological polar surface area (TPSA) is 0 Å². The van der Waals surface area contributed by atoms with Gasteiger partial charge in [-0.2, -0.15) is 0 Å². The van der Waals surface area contributed by atoms with Gasteiger partial charge in [-0.05, 0) is 30.9 Å². The van der Waals surface area contributed by atoms with Crippen LogP contribution >= 0.6 is 33.2 Å². The van der Waals surface area contributed by atoms with Crippen molar-refractivity contribution in [1.82, 2.24) is 0 Å². The van der Waals surface area contributed by atoms with Crippen molar-refractivity contribution in [2.24, 2.45) is 0 Å². The maximum Gasteiger partial charge on any atom is 0.368 e. The normalized spacial score (nSPS) is 25.4. The second-order valence-electron chi connectivity index (χ2n) is 3.18. The lowest BCUT2D eigenvalue weighted by atomic mass is 10.1. The molecule has 0 saturated carbocycles. The summed E-state index contributed by atoms with van der Waals surface area (Å²) in [7, 11) is 0. The summed E-state index contributed by atoms with van der Waals surface area (Å²) in [5.41, 5.74) is 0. The van der Waals surface area contributed by atoms with Gasteiger partial charge >= 0.3 is 6.00 Å². The van der Waals surface area contributed by atoms with Crippen LogP contribution < -0.4 is 0 Å². The quantitative estimate of drug-likeness (QED) is 0.471. The Kier molecular flexibility index (Phi) is 4.45. The molecule has 4 heteroatoms. The average molecular weight is 244 g/mol. The largest absolute Gasteiger partial charge is 0.368 e. The van der Waals surface area contributed by atoms with Crippen molar-refractivity contribution in [1.29, 1.82) is 0 Å². The van der Waals surface area contributed by atoms with Crippen LogP contribution in [-0.4, -0.2) is 6.00 Å². The van der Waals surface area contributed by atoms with E-state index in [4.69, 9.17) is 33.2 Å². The van der Waals surface area contributed by atoms with E-state index in [1.165, 1.54) is 25.7 Å². The summed E-state index contributed by atoms with van der Waals surface area (Å²) < 4.78 is 0. The third kappa shape index (κ3) is 3.69. The number of halogens is 3. The van der Waals surface area contributed by atoms with Crippen LogP contribution in [0.1, 0.15) is 38.5 Å². The van der Waals surface area contributed by atoms with Gasteiger partial charge in [-0.15, -0.1) is 33.2 Å². The minimum absolute atomic E-state index is 1.00. The molecule has 0 amide bonds. The van der Waals surface area contributed by atoms with Gasteiger partial charge in [0.15, 0.2) is 0 Å². The highest BCUT2D eigenvalue weighted by Gasteiger charge is 2.30. The fourth-order valence-electron chi connectivity index (χ4n) is 1.45. The van der Waals surface area contributed by atoms with E-state index in [1.54, 1.807) is 0 Å². The van der Waals surface area contributed by atoms with Crippen molar-refractivity contribution < 1.29 is 0 Å². The van der Waals surface area contributed by atoms with E-state index in [-0.39, 0.29) is 0 Å².